The maximum atomic E-state index is 13.2. The Hall–Kier alpha value is -2.16. The van der Waals surface area contributed by atoms with E-state index in [4.69, 9.17) is 16.3 Å². The van der Waals surface area contributed by atoms with Gasteiger partial charge in [-0.25, -0.2) is 4.39 Å². The first-order chi connectivity index (χ1) is 12.5. The fourth-order valence-electron chi connectivity index (χ4n) is 1.95. The number of rotatable bonds is 9. The molecule has 0 saturated carbocycles. The highest BCUT2D eigenvalue weighted by Gasteiger charge is 2.10. The second-order valence-corrected chi connectivity index (χ2v) is 6.57. The molecule has 1 atom stereocenters. The summed E-state index contributed by atoms with van der Waals surface area (Å²) in [5.74, 6) is -1.11. The number of benzene rings is 1. The zero-order valence-corrected chi connectivity index (χ0v) is 15.3. The molecule has 0 radical (unpaired) electrons. The van der Waals surface area contributed by atoms with Crippen molar-refractivity contribution >= 4 is 34.8 Å². The Balaban J connectivity index is 1.60. The fourth-order valence-corrected chi connectivity index (χ4v) is 2.70. The van der Waals surface area contributed by atoms with Gasteiger partial charge in [0.25, 0.3) is 11.8 Å². The van der Waals surface area contributed by atoms with Crippen molar-refractivity contribution in [3.63, 3.8) is 0 Å². The van der Waals surface area contributed by atoms with Gasteiger partial charge in [-0.1, -0.05) is 11.6 Å². The van der Waals surface area contributed by atoms with Crippen LogP contribution in [0, 0.1) is 5.82 Å². The van der Waals surface area contributed by atoms with Crippen LogP contribution in [0.4, 0.5) is 4.39 Å². The van der Waals surface area contributed by atoms with Crippen LogP contribution in [0.25, 0.3) is 0 Å². The van der Waals surface area contributed by atoms with E-state index >= 15 is 0 Å². The molecule has 1 unspecified atom stereocenters. The summed E-state index contributed by atoms with van der Waals surface area (Å²) in [4.78, 5) is 23.4. The Labute approximate surface area is 158 Å². The average molecular weight is 401 g/mol. The number of nitrogens with one attached hydrogen (secondary N) is 2. The monoisotopic (exact) mass is 400 g/mol. The highest BCUT2D eigenvalue weighted by Crippen LogP contribution is 2.20. The maximum Gasteiger partial charge on any atom is 0.258 e. The van der Waals surface area contributed by atoms with Gasteiger partial charge in [0.05, 0.1) is 11.1 Å². The smallest absolute Gasteiger partial charge is 0.258 e. The molecule has 0 aliphatic heterocycles. The van der Waals surface area contributed by atoms with Crippen LogP contribution < -0.4 is 15.4 Å². The molecule has 140 valence electrons. The van der Waals surface area contributed by atoms with Crippen LogP contribution in [-0.2, 0) is 4.79 Å². The largest absolute Gasteiger partial charge is 0.484 e. The molecule has 1 heterocycles. The number of hydrogen-bond acceptors (Lipinski definition) is 5. The standard InChI is InChI=1S/C17H18ClFN2O4S/c18-14-2-1-13(7-15(14)19)25-9-16(23)21-8-12(22)3-5-20-17(24)11-4-6-26-10-11/h1-2,4,6-7,10,12,22H,3,5,8-9H2,(H,20,24)(H,21,23). The van der Waals surface area contributed by atoms with Crippen LogP contribution in [0.2, 0.25) is 5.02 Å². The second-order valence-electron chi connectivity index (χ2n) is 5.38. The first kappa shape index (κ1) is 20.2. The lowest BCUT2D eigenvalue weighted by Crippen LogP contribution is -2.37. The summed E-state index contributed by atoms with van der Waals surface area (Å²) in [6.07, 6.45) is -0.519. The third-order valence-electron chi connectivity index (χ3n) is 3.34. The van der Waals surface area contributed by atoms with Crippen molar-refractivity contribution in [1.29, 1.82) is 0 Å². The summed E-state index contributed by atoms with van der Waals surface area (Å²) in [7, 11) is 0. The van der Waals surface area contributed by atoms with Gasteiger partial charge in [0.1, 0.15) is 11.6 Å². The van der Waals surface area contributed by atoms with E-state index in [1.165, 1.54) is 23.5 Å². The fraction of sp³-hybridized carbons (Fsp3) is 0.294. The van der Waals surface area contributed by atoms with E-state index in [1.807, 2.05) is 0 Å². The minimum Gasteiger partial charge on any atom is -0.484 e. The van der Waals surface area contributed by atoms with E-state index in [0.29, 0.717) is 12.0 Å². The molecule has 2 rings (SSSR count). The van der Waals surface area contributed by atoms with Crippen molar-refractivity contribution in [3.8, 4) is 5.75 Å². The molecule has 6 nitrogen and oxygen atoms in total. The SMILES string of the molecule is O=C(COc1ccc(Cl)c(F)c1)NCC(O)CCNC(=O)c1ccsc1. The van der Waals surface area contributed by atoms with E-state index in [9.17, 15) is 19.1 Å². The first-order valence-corrected chi connectivity index (χ1v) is 9.11. The van der Waals surface area contributed by atoms with Crippen LogP contribution in [0.1, 0.15) is 16.8 Å². The molecule has 0 bridgehead atoms. The molecule has 2 amide bonds. The van der Waals surface area contributed by atoms with Crippen molar-refractivity contribution in [2.24, 2.45) is 0 Å². The molecule has 1 aromatic carbocycles. The number of ether oxygens (including phenoxy) is 1. The minimum atomic E-state index is -0.810. The third-order valence-corrected chi connectivity index (χ3v) is 4.33. The van der Waals surface area contributed by atoms with Gasteiger partial charge < -0.3 is 20.5 Å². The van der Waals surface area contributed by atoms with Gasteiger partial charge >= 0.3 is 0 Å². The van der Waals surface area contributed by atoms with Gasteiger partial charge in [-0.05, 0) is 30.0 Å². The van der Waals surface area contributed by atoms with E-state index in [0.717, 1.165) is 6.07 Å². The van der Waals surface area contributed by atoms with Gasteiger partial charge in [0.2, 0.25) is 0 Å². The number of thiophene rings is 1. The summed E-state index contributed by atoms with van der Waals surface area (Å²) >= 11 is 6.98. The Morgan fingerprint density at radius 1 is 1.31 bits per heavy atom. The van der Waals surface area contributed by atoms with Gasteiger partial charge in [-0.2, -0.15) is 11.3 Å². The van der Waals surface area contributed by atoms with Gasteiger partial charge in [-0.15, -0.1) is 0 Å². The van der Waals surface area contributed by atoms with Crippen LogP contribution >= 0.6 is 22.9 Å². The molecule has 26 heavy (non-hydrogen) atoms. The molecule has 0 aliphatic rings. The predicted molar refractivity (Wildman–Crippen MR) is 97.2 cm³/mol. The van der Waals surface area contributed by atoms with Crippen molar-refractivity contribution in [1.82, 2.24) is 10.6 Å². The Morgan fingerprint density at radius 3 is 2.81 bits per heavy atom. The summed E-state index contributed by atoms with van der Waals surface area (Å²) in [5, 5.41) is 18.5. The van der Waals surface area contributed by atoms with E-state index in [1.54, 1.807) is 16.8 Å². The third kappa shape index (κ3) is 6.62. The number of aliphatic hydroxyl groups excluding tert-OH is 1. The number of halogens is 2. The Kier molecular flexibility index (Phi) is 7.83. The maximum absolute atomic E-state index is 13.2. The van der Waals surface area contributed by atoms with Gasteiger partial charge in [0.15, 0.2) is 6.61 Å². The number of amides is 2. The summed E-state index contributed by atoms with van der Waals surface area (Å²) in [5.41, 5.74) is 0.577. The van der Waals surface area contributed by atoms with Crippen LogP contribution in [0.3, 0.4) is 0 Å². The molecule has 0 saturated heterocycles. The topological polar surface area (TPSA) is 87.7 Å². The predicted octanol–water partition coefficient (Wildman–Crippen LogP) is 2.22. The summed E-state index contributed by atoms with van der Waals surface area (Å²) in [6.45, 7) is -0.0134. The molecule has 2 aromatic rings. The van der Waals surface area contributed by atoms with E-state index < -0.39 is 17.8 Å². The Morgan fingerprint density at radius 2 is 2.12 bits per heavy atom. The van der Waals surface area contributed by atoms with Crippen LogP contribution in [0.5, 0.6) is 5.75 Å². The zero-order chi connectivity index (χ0) is 18.9. The highest BCUT2D eigenvalue weighted by molar-refractivity contribution is 7.08. The van der Waals surface area contributed by atoms with Crippen molar-refractivity contribution < 1.29 is 23.8 Å². The number of aliphatic hydroxyl groups is 1. The first-order valence-electron chi connectivity index (χ1n) is 7.78. The van der Waals surface area contributed by atoms with Crippen LogP contribution in [0.15, 0.2) is 35.0 Å². The molecule has 0 fully saturated rings. The molecule has 9 heteroatoms. The molecular weight excluding hydrogens is 383 g/mol. The molecular formula is C17H18ClFN2O4S. The molecule has 3 N–H and O–H groups in total. The second kappa shape index (κ2) is 10.1. The van der Waals surface area contributed by atoms with Crippen molar-refractivity contribution in [2.45, 2.75) is 12.5 Å². The normalized spacial score (nSPS) is 11.7. The molecule has 0 aliphatic carbocycles. The van der Waals surface area contributed by atoms with Gasteiger partial charge in [-0.3, -0.25) is 9.59 Å². The van der Waals surface area contributed by atoms with Gasteiger partial charge in [0, 0.05) is 30.1 Å². The number of hydrogen-bond donors (Lipinski definition) is 3. The van der Waals surface area contributed by atoms with Crippen molar-refractivity contribution in [3.05, 3.63) is 51.4 Å². The van der Waals surface area contributed by atoms with Crippen LogP contribution in [-0.4, -0.2) is 42.7 Å². The molecule has 1 aromatic heterocycles. The summed E-state index contributed by atoms with van der Waals surface area (Å²) < 4.78 is 18.4. The Bertz CT molecular complexity index is 742. The van der Waals surface area contributed by atoms with Crippen molar-refractivity contribution in [2.75, 3.05) is 19.7 Å². The van der Waals surface area contributed by atoms with E-state index in [-0.39, 0.29) is 36.4 Å². The molecule has 0 spiro atoms. The zero-order valence-electron chi connectivity index (χ0n) is 13.7. The summed E-state index contributed by atoms with van der Waals surface area (Å²) in [6, 6.07) is 5.58. The minimum absolute atomic E-state index is 0.0193. The quantitative estimate of drug-likeness (QED) is 0.602. The average Bonchev–Trinajstić information content (AvgIpc) is 3.15. The lowest BCUT2D eigenvalue weighted by atomic mass is 10.2. The lowest BCUT2D eigenvalue weighted by Gasteiger charge is -2.13. The lowest BCUT2D eigenvalue weighted by molar-refractivity contribution is -0.123. The number of carbonyl (C=O) groups is 2. The highest BCUT2D eigenvalue weighted by atomic mass is 35.5. The van der Waals surface area contributed by atoms with E-state index in [2.05, 4.69) is 10.6 Å². The number of carbonyl (C=O) groups excluding carboxylic acids is 2.